The molecule has 0 aromatic heterocycles. The Morgan fingerprint density at radius 3 is 3.00 bits per heavy atom. The SMILES string of the molecule is C=CCOCC1CC2(CC(=O)O1)SCCCS2. The first-order chi connectivity index (χ1) is 8.24. The van der Waals surface area contributed by atoms with Crippen molar-refractivity contribution in [2.45, 2.75) is 29.4 Å². The number of carbonyl (C=O) groups is 1. The van der Waals surface area contributed by atoms with Gasteiger partial charge in [0.05, 0.1) is 23.7 Å². The average Bonchev–Trinajstić information content (AvgIpc) is 2.29. The van der Waals surface area contributed by atoms with E-state index in [9.17, 15) is 4.79 Å². The van der Waals surface area contributed by atoms with Crippen LogP contribution in [0.3, 0.4) is 0 Å². The van der Waals surface area contributed by atoms with Gasteiger partial charge in [-0.2, -0.15) is 0 Å². The molecule has 0 bridgehead atoms. The molecule has 3 nitrogen and oxygen atoms in total. The summed E-state index contributed by atoms with van der Waals surface area (Å²) in [5.41, 5.74) is 0. The lowest BCUT2D eigenvalue weighted by atomic mass is 10.1. The molecule has 2 saturated heterocycles. The maximum absolute atomic E-state index is 11.7. The highest BCUT2D eigenvalue weighted by atomic mass is 32.2. The number of esters is 1. The standard InChI is InChI=1S/C12H18O3S2/c1-2-4-14-9-10-7-12(8-11(13)15-10)16-5-3-6-17-12/h2,10H,1,3-9H2. The zero-order chi connectivity index (χ0) is 12.1. The number of rotatable bonds is 4. The summed E-state index contributed by atoms with van der Waals surface area (Å²) in [6, 6.07) is 0. The lowest BCUT2D eigenvalue weighted by Crippen LogP contribution is -2.42. The summed E-state index contributed by atoms with van der Waals surface area (Å²) < 4.78 is 10.8. The quantitative estimate of drug-likeness (QED) is 0.447. The van der Waals surface area contributed by atoms with Crippen molar-refractivity contribution in [2.24, 2.45) is 0 Å². The van der Waals surface area contributed by atoms with Crippen LogP contribution >= 0.6 is 23.5 Å². The van der Waals surface area contributed by atoms with Gasteiger partial charge in [0, 0.05) is 6.42 Å². The largest absolute Gasteiger partial charge is 0.460 e. The summed E-state index contributed by atoms with van der Waals surface area (Å²) in [5, 5.41) is 0. The van der Waals surface area contributed by atoms with E-state index in [0.717, 1.165) is 17.9 Å². The monoisotopic (exact) mass is 274 g/mol. The second kappa shape index (κ2) is 6.16. The van der Waals surface area contributed by atoms with E-state index >= 15 is 0 Å². The number of hydrogen-bond donors (Lipinski definition) is 0. The molecule has 2 aliphatic heterocycles. The van der Waals surface area contributed by atoms with Gasteiger partial charge >= 0.3 is 5.97 Å². The van der Waals surface area contributed by atoms with Crippen molar-refractivity contribution in [3.8, 4) is 0 Å². The van der Waals surface area contributed by atoms with Gasteiger partial charge in [-0.3, -0.25) is 4.79 Å². The van der Waals surface area contributed by atoms with E-state index in [4.69, 9.17) is 9.47 Å². The third-order valence-electron chi connectivity index (χ3n) is 2.81. The van der Waals surface area contributed by atoms with Crippen molar-refractivity contribution < 1.29 is 14.3 Å². The first-order valence-electron chi connectivity index (χ1n) is 5.90. The summed E-state index contributed by atoms with van der Waals surface area (Å²) in [7, 11) is 0. The van der Waals surface area contributed by atoms with Crippen LogP contribution < -0.4 is 0 Å². The minimum atomic E-state index is -0.0886. The Labute approximate surface area is 111 Å². The minimum absolute atomic E-state index is 0.0514. The molecular weight excluding hydrogens is 256 g/mol. The molecule has 0 amide bonds. The van der Waals surface area contributed by atoms with Crippen molar-refractivity contribution in [1.29, 1.82) is 0 Å². The Kier molecular flexibility index (Phi) is 4.82. The zero-order valence-electron chi connectivity index (χ0n) is 9.85. The third kappa shape index (κ3) is 3.66. The molecule has 1 unspecified atom stereocenters. The van der Waals surface area contributed by atoms with Crippen molar-refractivity contribution in [3.63, 3.8) is 0 Å². The average molecular weight is 274 g/mol. The van der Waals surface area contributed by atoms with Crippen LogP contribution in [0.5, 0.6) is 0 Å². The molecule has 0 aliphatic carbocycles. The van der Waals surface area contributed by atoms with Gasteiger partial charge in [0.2, 0.25) is 0 Å². The van der Waals surface area contributed by atoms with Gasteiger partial charge in [-0.15, -0.1) is 30.1 Å². The first kappa shape index (κ1) is 13.3. The maximum atomic E-state index is 11.7. The van der Waals surface area contributed by atoms with E-state index in [1.54, 1.807) is 6.08 Å². The highest BCUT2D eigenvalue weighted by Gasteiger charge is 2.43. The van der Waals surface area contributed by atoms with E-state index in [0.29, 0.717) is 19.6 Å². The first-order valence-corrected chi connectivity index (χ1v) is 7.87. The Morgan fingerprint density at radius 1 is 1.53 bits per heavy atom. The van der Waals surface area contributed by atoms with Gasteiger partial charge < -0.3 is 9.47 Å². The van der Waals surface area contributed by atoms with Crippen LogP contribution in [0.4, 0.5) is 0 Å². The van der Waals surface area contributed by atoms with E-state index in [1.807, 2.05) is 23.5 Å². The molecule has 0 radical (unpaired) electrons. The Bertz CT molecular complexity index is 287. The summed E-state index contributed by atoms with van der Waals surface area (Å²) in [6.07, 6.45) is 4.31. The van der Waals surface area contributed by atoms with Crippen LogP contribution in [-0.4, -0.2) is 40.9 Å². The molecule has 0 N–H and O–H groups in total. The summed E-state index contributed by atoms with van der Waals surface area (Å²) in [5.74, 6) is 2.23. The molecule has 17 heavy (non-hydrogen) atoms. The molecule has 2 aliphatic rings. The van der Waals surface area contributed by atoms with Crippen LogP contribution in [0.2, 0.25) is 0 Å². The maximum Gasteiger partial charge on any atom is 0.308 e. The molecule has 0 aromatic rings. The lowest BCUT2D eigenvalue weighted by molar-refractivity contribution is -0.157. The van der Waals surface area contributed by atoms with E-state index in [2.05, 4.69) is 6.58 Å². The Balaban J connectivity index is 1.90. The van der Waals surface area contributed by atoms with Crippen LogP contribution in [-0.2, 0) is 14.3 Å². The van der Waals surface area contributed by atoms with Crippen LogP contribution in [0.25, 0.3) is 0 Å². The number of thioether (sulfide) groups is 2. The number of hydrogen-bond acceptors (Lipinski definition) is 5. The molecule has 96 valence electrons. The van der Waals surface area contributed by atoms with Crippen molar-refractivity contribution >= 4 is 29.5 Å². The van der Waals surface area contributed by atoms with Crippen LogP contribution in [0.1, 0.15) is 19.3 Å². The normalized spacial score (nSPS) is 27.8. The fourth-order valence-electron chi connectivity index (χ4n) is 2.12. The second-order valence-corrected chi connectivity index (χ2v) is 7.50. The third-order valence-corrected chi connectivity index (χ3v) is 6.18. The molecule has 1 atom stereocenters. The van der Waals surface area contributed by atoms with E-state index < -0.39 is 0 Å². The van der Waals surface area contributed by atoms with Crippen molar-refractivity contribution in [1.82, 2.24) is 0 Å². The van der Waals surface area contributed by atoms with Gasteiger partial charge in [0.1, 0.15) is 6.10 Å². The van der Waals surface area contributed by atoms with Gasteiger partial charge in [-0.05, 0) is 17.9 Å². The van der Waals surface area contributed by atoms with E-state index in [-0.39, 0.29) is 16.2 Å². The summed E-state index contributed by atoms with van der Waals surface area (Å²) in [6.45, 7) is 4.60. The van der Waals surface area contributed by atoms with Gasteiger partial charge in [0.15, 0.2) is 0 Å². The molecule has 1 spiro atoms. The molecule has 0 aromatic carbocycles. The smallest absolute Gasteiger partial charge is 0.308 e. The fourth-order valence-corrected chi connectivity index (χ4v) is 5.51. The minimum Gasteiger partial charge on any atom is -0.460 e. The molecule has 2 rings (SSSR count). The number of ether oxygens (including phenoxy) is 2. The molecule has 5 heteroatoms. The summed E-state index contributed by atoms with van der Waals surface area (Å²) in [4.78, 5) is 11.7. The highest BCUT2D eigenvalue weighted by molar-refractivity contribution is 8.18. The van der Waals surface area contributed by atoms with Crippen molar-refractivity contribution in [3.05, 3.63) is 12.7 Å². The topological polar surface area (TPSA) is 35.5 Å². The van der Waals surface area contributed by atoms with Gasteiger partial charge in [-0.25, -0.2) is 0 Å². The Hall–Kier alpha value is -0.130. The Morgan fingerprint density at radius 2 is 2.29 bits per heavy atom. The highest BCUT2D eigenvalue weighted by Crippen LogP contribution is 2.50. The zero-order valence-corrected chi connectivity index (χ0v) is 11.5. The van der Waals surface area contributed by atoms with Gasteiger partial charge in [0.25, 0.3) is 0 Å². The summed E-state index contributed by atoms with van der Waals surface area (Å²) >= 11 is 3.84. The van der Waals surface area contributed by atoms with Gasteiger partial charge in [-0.1, -0.05) is 6.08 Å². The number of carbonyl (C=O) groups excluding carboxylic acids is 1. The fraction of sp³-hybridized carbons (Fsp3) is 0.750. The molecule has 2 heterocycles. The molecule has 0 saturated carbocycles. The number of cyclic esters (lactones) is 1. The van der Waals surface area contributed by atoms with E-state index in [1.165, 1.54) is 6.42 Å². The van der Waals surface area contributed by atoms with Crippen molar-refractivity contribution in [2.75, 3.05) is 24.7 Å². The van der Waals surface area contributed by atoms with Crippen LogP contribution in [0.15, 0.2) is 12.7 Å². The predicted molar refractivity (Wildman–Crippen MR) is 72.4 cm³/mol. The molecular formula is C12H18O3S2. The molecule has 2 fully saturated rings. The van der Waals surface area contributed by atoms with Crippen LogP contribution in [0, 0.1) is 0 Å². The lowest BCUT2D eigenvalue weighted by Gasteiger charge is -2.41. The predicted octanol–water partition coefficient (Wildman–Crippen LogP) is 2.46. The second-order valence-electron chi connectivity index (χ2n) is 4.28.